The van der Waals surface area contributed by atoms with E-state index in [1.54, 1.807) is 18.3 Å². The molecule has 0 spiro atoms. The van der Waals surface area contributed by atoms with Crippen LogP contribution < -0.4 is 5.32 Å². The van der Waals surface area contributed by atoms with E-state index in [-0.39, 0.29) is 12.0 Å². The highest BCUT2D eigenvalue weighted by atomic mass is 16.5. The quantitative estimate of drug-likeness (QED) is 0.770. The highest BCUT2D eigenvalue weighted by Crippen LogP contribution is 2.30. The molecule has 1 aliphatic rings. The van der Waals surface area contributed by atoms with Crippen LogP contribution in [-0.2, 0) is 11.3 Å². The Kier molecular flexibility index (Phi) is 3.55. The lowest BCUT2D eigenvalue weighted by molar-refractivity contribution is 0.0608. The normalized spacial score (nSPS) is 17.7. The van der Waals surface area contributed by atoms with Crippen LogP contribution >= 0.6 is 0 Å². The summed E-state index contributed by atoms with van der Waals surface area (Å²) in [5.41, 5.74) is 2.29. The fraction of sp³-hybridized carbons (Fsp3) is 0.312. The van der Waals surface area contributed by atoms with E-state index in [9.17, 15) is 5.11 Å². The molecule has 0 radical (unpaired) electrons. The van der Waals surface area contributed by atoms with Crippen molar-refractivity contribution in [3.63, 3.8) is 0 Å². The number of hydrogen-bond donors (Lipinski definition) is 2. The number of benzene rings is 1. The van der Waals surface area contributed by atoms with Crippen LogP contribution in [-0.4, -0.2) is 31.2 Å². The van der Waals surface area contributed by atoms with Crippen molar-refractivity contribution in [3.8, 4) is 5.75 Å². The summed E-state index contributed by atoms with van der Waals surface area (Å²) in [5.74, 6) is 0.940. The molecule has 2 aromatic heterocycles. The summed E-state index contributed by atoms with van der Waals surface area (Å²) in [6.45, 7) is 1.21. The van der Waals surface area contributed by atoms with Crippen LogP contribution in [0.2, 0.25) is 0 Å². The van der Waals surface area contributed by atoms with Crippen molar-refractivity contribution in [2.75, 3.05) is 11.9 Å². The molecule has 0 saturated carbocycles. The molecule has 0 aliphatic carbocycles. The largest absolute Gasteiger partial charge is 0.508 e. The summed E-state index contributed by atoms with van der Waals surface area (Å²) in [6, 6.07) is 7.24. The van der Waals surface area contributed by atoms with E-state index in [4.69, 9.17) is 4.74 Å². The van der Waals surface area contributed by atoms with E-state index < -0.39 is 0 Å². The average molecular weight is 311 g/mol. The van der Waals surface area contributed by atoms with Gasteiger partial charge < -0.3 is 15.2 Å². The highest BCUT2D eigenvalue weighted by Gasteiger charge is 2.24. The number of nitrogens with zero attached hydrogens (tertiary/aromatic N) is 4. The van der Waals surface area contributed by atoms with Gasteiger partial charge in [0.2, 0.25) is 5.95 Å². The zero-order valence-electron chi connectivity index (χ0n) is 12.5. The monoisotopic (exact) mass is 311 g/mol. The van der Waals surface area contributed by atoms with Gasteiger partial charge >= 0.3 is 0 Å². The number of fused-ring (bicyclic) bond motifs is 1. The summed E-state index contributed by atoms with van der Waals surface area (Å²) < 4.78 is 7.77. The topological polar surface area (TPSA) is 85.1 Å². The lowest BCUT2D eigenvalue weighted by atomic mass is 10.2. The molecule has 7 heteroatoms. The van der Waals surface area contributed by atoms with Gasteiger partial charge in [-0.1, -0.05) is 18.2 Å². The molecule has 0 bridgehead atoms. The Morgan fingerprint density at radius 2 is 2.26 bits per heavy atom. The maximum atomic E-state index is 9.89. The molecule has 118 valence electrons. The number of para-hydroxylation sites is 1. The first kappa shape index (κ1) is 14.0. The van der Waals surface area contributed by atoms with Gasteiger partial charge in [-0.2, -0.15) is 0 Å². The Hall–Kier alpha value is -2.67. The second kappa shape index (κ2) is 5.85. The van der Waals surface area contributed by atoms with Gasteiger partial charge in [-0.15, -0.1) is 0 Å². The number of hydrogen-bond acceptors (Lipinski definition) is 6. The van der Waals surface area contributed by atoms with Crippen LogP contribution in [0.5, 0.6) is 5.75 Å². The van der Waals surface area contributed by atoms with Gasteiger partial charge in [0.15, 0.2) is 5.65 Å². The molecule has 4 rings (SSSR count). The fourth-order valence-electron chi connectivity index (χ4n) is 2.84. The molecule has 1 aliphatic heterocycles. The van der Waals surface area contributed by atoms with Gasteiger partial charge in [-0.3, -0.25) is 4.57 Å². The van der Waals surface area contributed by atoms with Gasteiger partial charge in [-0.05, 0) is 18.9 Å². The average Bonchev–Trinajstić information content (AvgIpc) is 3.20. The lowest BCUT2D eigenvalue weighted by Gasteiger charge is -2.16. The number of aromatic nitrogens is 4. The van der Waals surface area contributed by atoms with Gasteiger partial charge in [0.25, 0.3) is 0 Å². The second-order valence-electron chi connectivity index (χ2n) is 5.49. The molecule has 1 unspecified atom stereocenters. The third-order valence-electron chi connectivity index (χ3n) is 3.98. The number of phenolic OH excluding ortho intramolecular Hbond substituents is 1. The van der Waals surface area contributed by atoms with Crippen molar-refractivity contribution in [1.82, 2.24) is 19.5 Å². The predicted octanol–water partition coefficient (Wildman–Crippen LogP) is 2.45. The number of ether oxygens (including phenoxy) is 1. The van der Waals surface area contributed by atoms with Gasteiger partial charge in [0.05, 0.1) is 6.20 Å². The molecule has 23 heavy (non-hydrogen) atoms. The third kappa shape index (κ3) is 2.59. The standard InChI is InChI=1S/C16H17N5O2/c22-13-5-2-1-4-11(13)8-18-16-20-12-9-17-10-19-15(12)21(16)14-6-3-7-23-14/h1-2,4-5,9-10,14,22H,3,6-8H2,(H,18,20). The van der Waals surface area contributed by atoms with E-state index in [0.717, 1.165) is 36.2 Å². The fourth-order valence-corrected chi connectivity index (χ4v) is 2.84. The first-order valence-corrected chi connectivity index (χ1v) is 7.63. The smallest absolute Gasteiger partial charge is 0.207 e. The number of anilines is 1. The summed E-state index contributed by atoms with van der Waals surface area (Å²) in [4.78, 5) is 12.9. The number of aromatic hydroxyl groups is 1. The van der Waals surface area contributed by atoms with E-state index in [1.165, 1.54) is 6.33 Å². The number of rotatable bonds is 4. The van der Waals surface area contributed by atoms with Crippen LogP contribution in [0, 0.1) is 0 Å². The summed E-state index contributed by atoms with van der Waals surface area (Å²) >= 11 is 0. The van der Waals surface area contributed by atoms with E-state index in [2.05, 4.69) is 20.3 Å². The Morgan fingerprint density at radius 3 is 3.09 bits per heavy atom. The Balaban J connectivity index is 1.68. The van der Waals surface area contributed by atoms with Crippen LogP contribution in [0.1, 0.15) is 24.6 Å². The van der Waals surface area contributed by atoms with Crippen LogP contribution in [0.4, 0.5) is 5.95 Å². The van der Waals surface area contributed by atoms with Crippen molar-refractivity contribution in [2.45, 2.75) is 25.6 Å². The molecule has 3 aromatic rings. The van der Waals surface area contributed by atoms with Crippen molar-refractivity contribution >= 4 is 17.1 Å². The second-order valence-corrected chi connectivity index (χ2v) is 5.49. The Bertz CT molecular complexity index is 826. The number of phenols is 1. The zero-order valence-corrected chi connectivity index (χ0v) is 12.5. The molecule has 2 N–H and O–H groups in total. The molecule has 1 fully saturated rings. The lowest BCUT2D eigenvalue weighted by Crippen LogP contribution is -2.13. The number of imidazole rings is 1. The molecular formula is C16H17N5O2. The molecule has 7 nitrogen and oxygen atoms in total. The molecule has 0 amide bonds. The Morgan fingerprint density at radius 1 is 1.35 bits per heavy atom. The SMILES string of the molecule is Oc1ccccc1CNc1nc2cncnc2n1C1CCCO1. The minimum Gasteiger partial charge on any atom is -0.508 e. The van der Waals surface area contributed by atoms with Crippen LogP contribution in [0.25, 0.3) is 11.2 Å². The summed E-state index contributed by atoms with van der Waals surface area (Å²) in [5, 5.41) is 13.2. The van der Waals surface area contributed by atoms with Crippen molar-refractivity contribution < 1.29 is 9.84 Å². The van der Waals surface area contributed by atoms with Crippen LogP contribution in [0.3, 0.4) is 0 Å². The number of nitrogens with one attached hydrogen (secondary N) is 1. The van der Waals surface area contributed by atoms with E-state index in [0.29, 0.717) is 12.5 Å². The van der Waals surface area contributed by atoms with Crippen molar-refractivity contribution in [3.05, 3.63) is 42.4 Å². The molecule has 3 heterocycles. The van der Waals surface area contributed by atoms with Crippen LogP contribution in [0.15, 0.2) is 36.8 Å². The predicted molar refractivity (Wildman–Crippen MR) is 85.0 cm³/mol. The summed E-state index contributed by atoms with van der Waals surface area (Å²) in [6.07, 6.45) is 5.10. The van der Waals surface area contributed by atoms with E-state index in [1.807, 2.05) is 16.7 Å². The summed E-state index contributed by atoms with van der Waals surface area (Å²) in [7, 11) is 0. The molecule has 1 aromatic carbocycles. The van der Waals surface area contributed by atoms with Gasteiger partial charge in [-0.25, -0.2) is 15.0 Å². The van der Waals surface area contributed by atoms with Crippen molar-refractivity contribution in [1.29, 1.82) is 0 Å². The Labute approximate surface area is 133 Å². The van der Waals surface area contributed by atoms with Gasteiger partial charge in [0.1, 0.15) is 23.8 Å². The zero-order chi connectivity index (χ0) is 15.6. The van der Waals surface area contributed by atoms with Crippen molar-refractivity contribution in [2.24, 2.45) is 0 Å². The molecule has 1 atom stereocenters. The highest BCUT2D eigenvalue weighted by molar-refractivity contribution is 5.73. The molecular weight excluding hydrogens is 294 g/mol. The van der Waals surface area contributed by atoms with E-state index >= 15 is 0 Å². The minimum atomic E-state index is -0.0678. The minimum absolute atomic E-state index is 0.0678. The molecule has 1 saturated heterocycles. The first-order chi connectivity index (χ1) is 11.3. The maximum Gasteiger partial charge on any atom is 0.207 e. The first-order valence-electron chi connectivity index (χ1n) is 7.63. The maximum absolute atomic E-state index is 9.89. The van der Waals surface area contributed by atoms with Gasteiger partial charge in [0, 0.05) is 18.7 Å². The third-order valence-corrected chi connectivity index (χ3v) is 3.98.